The van der Waals surface area contributed by atoms with Crippen molar-refractivity contribution in [2.75, 3.05) is 11.9 Å². The summed E-state index contributed by atoms with van der Waals surface area (Å²) in [4.78, 5) is 3.84. The predicted octanol–water partition coefficient (Wildman–Crippen LogP) is 3.56. The first-order valence-corrected chi connectivity index (χ1v) is 4.96. The summed E-state index contributed by atoms with van der Waals surface area (Å²) in [7, 11) is 0. The molecule has 1 N–H and O–H groups in total. The molecule has 0 fully saturated rings. The van der Waals surface area contributed by atoms with E-state index in [9.17, 15) is 13.2 Å². The number of pyridine rings is 1. The largest absolute Gasteiger partial charge is 0.416 e. The fourth-order valence-corrected chi connectivity index (χ4v) is 1.06. The standard InChI is InChI=1S/C11H15F3N2/c1-10(2,3)7-16-9-6-8(4-5-15-9)11(12,13)14/h4-6H,7H2,1-3H3,(H,15,16). The van der Waals surface area contributed by atoms with E-state index in [2.05, 4.69) is 10.3 Å². The van der Waals surface area contributed by atoms with Crippen LogP contribution in [0.25, 0.3) is 0 Å². The molecular weight excluding hydrogens is 217 g/mol. The Bertz CT molecular complexity index is 353. The zero-order chi connectivity index (χ0) is 12.4. The maximum atomic E-state index is 12.4. The van der Waals surface area contributed by atoms with Gasteiger partial charge >= 0.3 is 6.18 Å². The van der Waals surface area contributed by atoms with Gasteiger partial charge < -0.3 is 5.32 Å². The number of alkyl halides is 3. The summed E-state index contributed by atoms with van der Waals surface area (Å²) in [6.07, 6.45) is -3.16. The molecule has 0 aliphatic heterocycles. The van der Waals surface area contributed by atoms with Crippen molar-refractivity contribution in [3.63, 3.8) is 0 Å². The summed E-state index contributed by atoms with van der Waals surface area (Å²) >= 11 is 0. The average molecular weight is 232 g/mol. The summed E-state index contributed by atoms with van der Waals surface area (Å²) in [6, 6.07) is 1.98. The second-order valence-corrected chi connectivity index (χ2v) is 4.84. The molecule has 0 aliphatic rings. The average Bonchev–Trinajstić information content (AvgIpc) is 2.13. The second-order valence-electron chi connectivity index (χ2n) is 4.84. The molecule has 0 saturated carbocycles. The molecule has 1 rings (SSSR count). The molecule has 90 valence electrons. The van der Waals surface area contributed by atoms with E-state index >= 15 is 0 Å². The molecule has 2 nitrogen and oxygen atoms in total. The monoisotopic (exact) mass is 232 g/mol. The highest BCUT2D eigenvalue weighted by molar-refractivity contribution is 5.38. The van der Waals surface area contributed by atoms with Crippen LogP contribution in [0, 0.1) is 5.41 Å². The lowest BCUT2D eigenvalue weighted by molar-refractivity contribution is -0.137. The van der Waals surface area contributed by atoms with Crippen molar-refractivity contribution in [2.45, 2.75) is 26.9 Å². The van der Waals surface area contributed by atoms with Crippen LogP contribution in [0.15, 0.2) is 18.3 Å². The Hall–Kier alpha value is -1.26. The third-order valence-electron chi connectivity index (χ3n) is 1.89. The van der Waals surface area contributed by atoms with E-state index < -0.39 is 11.7 Å². The number of nitrogens with one attached hydrogen (secondary N) is 1. The second kappa shape index (κ2) is 4.31. The molecule has 0 bridgehead atoms. The number of rotatable bonds is 2. The Morgan fingerprint density at radius 2 is 1.88 bits per heavy atom. The Kier molecular flexibility index (Phi) is 3.45. The molecule has 0 radical (unpaired) electrons. The van der Waals surface area contributed by atoms with E-state index in [1.807, 2.05) is 20.8 Å². The zero-order valence-corrected chi connectivity index (χ0v) is 9.52. The van der Waals surface area contributed by atoms with Gasteiger partial charge in [-0.15, -0.1) is 0 Å². The lowest BCUT2D eigenvalue weighted by atomic mass is 9.97. The highest BCUT2D eigenvalue weighted by Gasteiger charge is 2.30. The molecule has 1 heterocycles. The molecule has 0 atom stereocenters. The minimum atomic E-state index is -4.32. The van der Waals surface area contributed by atoms with Gasteiger partial charge in [-0.05, 0) is 17.5 Å². The maximum Gasteiger partial charge on any atom is 0.416 e. The van der Waals surface area contributed by atoms with Gasteiger partial charge in [0.15, 0.2) is 0 Å². The SMILES string of the molecule is CC(C)(C)CNc1cc(C(F)(F)F)ccn1. The van der Waals surface area contributed by atoms with Crippen LogP contribution in [0.5, 0.6) is 0 Å². The van der Waals surface area contributed by atoms with Crippen molar-refractivity contribution in [1.29, 1.82) is 0 Å². The summed E-state index contributed by atoms with van der Waals surface area (Å²) in [5, 5.41) is 2.89. The molecular formula is C11H15F3N2. The molecule has 0 aliphatic carbocycles. The van der Waals surface area contributed by atoms with Gasteiger partial charge in [0.25, 0.3) is 0 Å². The number of halogens is 3. The molecule has 0 unspecified atom stereocenters. The van der Waals surface area contributed by atoms with Gasteiger partial charge in [0, 0.05) is 12.7 Å². The Balaban J connectivity index is 2.76. The van der Waals surface area contributed by atoms with Crippen LogP contribution in [0.4, 0.5) is 19.0 Å². The van der Waals surface area contributed by atoms with Crippen molar-refractivity contribution in [1.82, 2.24) is 4.98 Å². The summed E-state index contributed by atoms with van der Waals surface area (Å²) in [5.41, 5.74) is -0.686. The molecule has 0 spiro atoms. The fraction of sp³-hybridized carbons (Fsp3) is 0.545. The van der Waals surface area contributed by atoms with Crippen LogP contribution >= 0.6 is 0 Å². The Labute approximate surface area is 92.9 Å². The van der Waals surface area contributed by atoms with Gasteiger partial charge in [0.05, 0.1) is 5.56 Å². The van der Waals surface area contributed by atoms with Gasteiger partial charge in [-0.3, -0.25) is 0 Å². The van der Waals surface area contributed by atoms with Crippen molar-refractivity contribution in [3.05, 3.63) is 23.9 Å². The summed E-state index contributed by atoms with van der Waals surface area (Å²) in [5.74, 6) is 0.254. The van der Waals surface area contributed by atoms with Crippen molar-refractivity contribution >= 4 is 5.82 Å². The van der Waals surface area contributed by atoms with Crippen LogP contribution in [0.1, 0.15) is 26.3 Å². The van der Waals surface area contributed by atoms with Crippen molar-refractivity contribution in [2.24, 2.45) is 5.41 Å². The molecule has 5 heteroatoms. The Morgan fingerprint density at radius 1 is 1.25 bits per heavy atom. The molecule has 0 aromatic carbocycles. The fourth-order valence-electron chi connectivity index (χ4n) is 1.06. The third kappa shape index (κ3) is 4.08. The quantitative estimate of drug-likeness (QED) is 0.843. The smallest absolute Gasteiger partial charge is 0.370 e. The minimum Gasteiger partial charge on any atom is -0.370 e. The zero-order valence-electron chi connectivity index (χ0n) is 9.52. The van der Waals surface area contributed by atoms with Crippen molar-refractivity contribution < 1.29 is 13.2 Å². The predicted molar refractivity (Wildman–Crippen MR) is 57.2 cm³/mol. The van der Waals surface area contributed by atoms with Crippen LogP contribution in [0.3, 0.4) is 0 Å². The van der Waals surface area contributed by atoms with Gasteiger partial charge in [-0.1, -0.05) is 20.8 Å². The highest BCUT2D eigenvalue weighted by atomic mass is 19.4. The molecule has 0 amide bonds. The van der Waals surface area contributed by atoms with Gasteiger partial charge in [-0.2, -0.15) is 13.2 Å². The first-order chi connectivity index (χ1) is 7.18. The first kappa shape index (κ1) is 12.8. The summed E-state index contributed by atoms with van der Waals surface area (Å²) < 4.78 is 37.2. The van der Waals surface area contributed by atoms with Crippen molar-refractivity contribution in [3.8, 4) is 0 Å². The molecule has 16 heavy (non-hydrogen) atoms. The van der Waals surface area contributed by atoms with E-state index in [-0.39, 0.29) is 11.2 Å². The highest BCUT2D eigenvalue weighted by Crippen LogP contribution is 2.30. The number of anilines is 1. The van der Waals surface area contributed by atoms with E-state index in [0.717, 1.165) is 18.3 Å². The van der Waals surface area contributed by atoms with E-state index in [0.29, 0.717) is 6.54 Å². The third-order valence-corrected chi connectivity index (χ3v) is 1.89. The minimum absolute atomic E-state index is 0.00405. The summed E-state index contributed by atoms with van der Waals surface area (Å²) in [6.45, 7) is 6.55. The van der Waals surface area contributed by atoms with Gasteiger partial charge in [-0.25, -0.2) is 4.98 Å². The van der Waals surface area contributed by atoms with Crippen LogP contribution < -0.4 is 5.32 Å². The van der Waals surface area contributed by atoms with E-state index in [1.54, 1.807) is 0 Å². The maximum absolute atomic E-state index is 12.4. The lowest BCUT2D eigenvalue weighted by Gasteiger charge is -2.19. The van der Waals surface area contributed by atoms with Crippen LogP contribution in [-0.4, -0.2) is 11.5 Å². The van der Waals surface area contributed by atoms with E-state index in [1.165, 1.54) is 0 Å². The molecule has 1 aromatic rings. The number of hydrogen-bond acceptors (Lipinski definition) is 2. The number of hydrogen-bond donors (Lipinski definition) is 1. The van der Waals surface area contributed by atoms with Gasteiger partial charge in [0.1, 0.15) is 5.82 Å². The topological polar surface area (TPSA) is 24.9 Å². The molecule has 0 saturated heterocycles. The Morgan fingerprint density at radius 3 is 2.38 bits per heavy atom. The first-order valence-electron chi connectivity index (χ1n) is 4.96. The van der Waals surface area contributed by atoms with E-state index in [4.69, 9.17) is 0 Å². The number of aromatic nitrogens is 1. The van der Waals surface area contributed by atoms with Crippen LogP contribution in [-0.2, 0) is 6.18 Å². The van der Waals surface area contributed by atoms with Gasteiger partial charge in [0.2, 0.25) is 0 Å². The lowest BCUT2D eigenvalue weighted by Crippen LogP contribution is -2.19. The molecule has 1 aromatic heterocycles. The number of nitrogens with zero attached hydrogens (tertiary/aromatic N) is 1. The van der Waals surface area contributed by atoms with Crippen LogP contribution in [0.2, 0.25) is 0 Å². The normalized spacial score (nSPS) is 12.6.